The lowest BCUT2D eigenvalue weighted by Crippen LogP contribution is -2.47. The number of hydrogen-bond acceptors (Lipinski definition) is 3. The van der Waals surface area contributed by atoms with Gasteiger partial charge in [-0.3, -0.25) is 4.79 Å². The van der Waals surface area contributed by atoms with E-state index >= 15 is 0 Å². The number of amides is 1. The van der Waals surface area contributed by atoms with E-state index in [1.807, 2.05) is 29.2 Å². The summed E-state index contributed by atoms with van der Waals surface area (Å²) >= 11 is 6.12. The Labute approximate surface area is 177 Å². The third-order valence-electron chi connectivity index (χ3n) is 6.65. The van der Waals surface area contributed by atoms with Crippen LogP contribution in [0.15, 0.2) is 54.6 Å². The Morgan fingerprint density at radius 3 is 2.59 bits per heavy atom. The molecule has 0 aromatic heterocycles. The van der Waals surface area contributed by atoms with Crippen LogP contribution >= 0.6 is 11.6 Å². The highest BCUT2D eigenvalue weighted by molar-refractivity contribution is 6.30. The molecule has 2 aromatic carbocycles. The molecule has 3 atom stereocenters. The molecule has 2 aromatic rings. The Balaban J connectivity index is 1.52. The highest BCUT2D eigenvalue weighted by Crippen LogP contribution is 2.50. The highest BCUT2D eigenvalue weighted by atomic mass is 35.5. The summed E-state index contributed by atoms with van der Waals surface area (Å²) < 4.78 is 0. The van der Waals surface area contributed by atoms with Crippen LogP contribution in [0.3, 0.4) is 0 Å². The Bertz CT molecular complexity index is 947. The van der Waals surface area contributed by atoms with Crippen molar-refractivity contribution in [1.29, 1.82) is 0 Å². The molecule has 0 bridgehead atoms. The summed E-state index contributed by atoms with van der Waals surface area (Å²) in [6.07, 6.45) is 5.64. The molecule has 4 nitrogen and oxygen atoms in total. The fourth-order valence-electron chi connectivity index (χ4n) is 4.98. The van der Waals surface area contributed by atoms with Gasteiger partial charge < -0.3 is 15.1 Å². The maximum absolute atomic E-state index is 13.4. The van der Waals surface area contributed by atoms with Gasteiger partial charge in [-0.25, -0.2) is 0 Å². The molecule has 2 aliphatic heterocycles. The number of benzene rings is 2. The van der Waals surface area contributed by atoms with Crippen molar-refractivity contribution in [3.8, 4) is 0 Å². The van der Waals surface area contributed by atoms with Crippen LogP contribution in [0.1, 0.15) is 39.9 Å². The summed E-state index contributed by atoms with van der Waals surface area (Å²) in [5.74, 6) is 0.933. The van der Waals surface area contributed by atoms with Crippen LogP contribution in [0, 0.1) is 5.92 Å². The first-order valence-electron chi connectivity index (χ1n) is 10.4. The number of rotatable bonds is 2. The number of para-hydroxylation sites is 1. The lowest BCUT2D eigenvalue weighted by molar-refractivity contribution is 0.0664. The van der Waals surface area contributed by atoms with Crippen LogP contribution in [0.4, 0.5) is 5.69 Å². The molecule has 3 aliphatic rings. The van der Waals surface area contributed by atoms with Gasteiger partial charge in [-0.05, 0) is 48.7 Å². The zero-order chi connectivity index (χ0) is 20.0. The van der Waals surface area contributed by atoms with E-state index < -0.39 is 0 Å². The molecular formula is C24H26ClN3O. The molecule has 0 saturated carbocycles. The number of hydrogen-bond donors (Lipinski definition) is 1. The van der Waals surface area contributed by atoms with E-state index in [-0.39, 0.29) is 11.9 Å². The maximum atomic E-state index is 13.4. The third-order valence-corrected chi connectivity index (χ3v) is 6.90. The summed E-state index contributed by atoms with van der Waals surface area (Å²) in [6, 6.07) is 14.5. The average Bonchev–Trinajstić information content (AvgIpc) is 3.24. The second-order valence-corrected chi connectivity index (χ2v) is 8.83. The van der Waals surface area contributed by atoms with Crippen LogP contribution in [0.2, 0.25) is 5.02 Å². The molecule has 3 unspecified atom stereocenters. The van der Waals surface area contributed by atoms with Crippen molar-refractivity contribution in [3.05, 3.63) is 76.3 Å². The monoisotopic (exact) mass is 407 g/mol. The minimum Gasteiger partial charge on any atom is -0.377 e. The zero-order valence-corrected chi connectivity index (χ0v) is 17.4. The summed E-state index contributed by atoms with van der Waals surface area (Å²) in [5, 5.41) is 4.51. The van der Waals surface area contributed by atoms with Crippen molar-refractivity contribution >= 4 is 23.2 Å². The predicted molar refractivity (Wildman–Crippen MR) is 118 cm³/mol. The molecule has 5 heteroatoms. The van der Waals surface area contributed by atoms with Crippen molar-refractivity contribution in [2.45, 2.75) is 18.4 Å². The first kappa shape index (κ1) is 18.7. The van der Waals surface area contributed by atoms with Crippen LogP contribution < -0.4 is 5.32 Å². The van der Waals surface area contributed by atoms with Gasteiger partial charge in [0.1, 0.15) is 0 Å². The minimum absolute atomic E-state index is 0.137. The van der Waals surface area contributed by atoms with E-state index in [2.05, 4.69) is 47.6 Å². The van der Waals surface area contributed by atoms with Crippen molar-refractivity contribution in [2.75, 3.05) is 38.5 Å². The highest BCUT2D eigenvalue weighted by Gasteiger charge is 2.39. The molecule has 1 aliphatic carbocycles. The fourth-order valence-corrected chi connectivity index (χ4v) is 5.11. The molecule has 1 N–H and O–H groups in total. The van der Waals surface area contributed by atoms with Crippen LogP contribution in [-0.2, 0) is 0 Å². The Morgan fingerprint density at radius 2 is 1.83 bits per heavy atom. The SMILES string of the molecule is CN1CCN(C(=O)c2cccc3c2NC(c2ccc(Cl)cc2)C2CC=CC32)CC1. The average molecular weight is 408 g/mol. The van der Waals surface area contributed by atoms with E-state index in [1.165, 1.54) is 11.1 Å². The second kappa shape index (κ2) is 7.51. The van der Waals surface area contributed by atoms with Crippen LogP contribution in [-0.4, -0.2) is 48.9 Å². The number of halogens is 1. The molecule has 29 heavy (non-hydrogen) atoms. The van der Waals surface area contributed by atoms with Crippen molar-refractivity contribution in [2.24, 2.45) is 5.92 Å². The second-order valence-electron chi connectivity index (χ2n) is 8.39. The van der Waals surface area contributed by atoms with Crippen molar-refractivity contribution < 1.29 is 4.79 Å². The molecule has 0 radical (unpaired) electrons. The van der Waals surface area contributed by atoms with Crippen LogP contribution in [0.25, 0.3) is 0 Å². The molecule has 1 fully saturated rings. The van der Waals surface area contributed by atoms with Gasteiger partial charge in [0.05, 0.1) is 17.3 Å². The smallest absolute Gasteiger partial charge is 0.256 e. The summed E-state index contributed by atoms with van der Waals surface area (Å²) in [4.78, 5) is 17.7. The molecule has 0 spiro atoms. The van der Waals surface area contributed by atoms with Gasteiger partial charge in [-0.15, -0.1) is 0 Å². The lowest BCUT2D eigenvalue weighted by Gasteiger charge is -2.39. The zero-order valence-electron chi connectivity index (χ0n) is 16.6. The summed E-state index contributed by atoms with van der Waals surface area (Å²) in [6.45, 7) is 3.42. The number of piperazine rings is 1. The number of nitrogens with zero attached hydrogens (tertiary/aromatic N) is 2. The van der Waals surface area contributed by atoms with Crippen molar-refractivity contribution in [3.63, 3.8) is 0 Å². The molecule has 1 saturated heterocycles. The van der Waals surface area contributed by atoms with Gasteiger partial charge >= 0.3 is 0 Å². The maximum Gasteiger partial charge on any atom is 0.256 e. The number of anilines is 1. The van der Waals surface area contributed by atoms with Gasteiger partial charge in [-0.2, -0.15) is 0 Å². The number of fused-ring (bicyclic) bond motifs is 3. The number of carbonyl (C=O) groups is 1. The summed E-state index contributed by atoms with van der Waals surface area (Å²) in [7, 11) is 2.11. The van der Waals surface area contributed by atoms with E-state index in [9.17, 15) is 4.79 Å². The quantitative estimate of drug-likeness (QED) is 0.741. The Kier molecular flexibility index (Phi) is 4.84. The Morgan fingerprint density at radius 1 is 1.07 bits per heavy atom. The van der Waals surface area contributed by atoms with E-state index in [0.29, 0.717) is 11.8 Å². The first-order valence-corrected chi connectivity index (χ1v) is 10.8. The largest absolute Gasteiger partial charge is 0.377 e. The topological polar surface area (TPSA) is 35.6 Å². The standard InChI is InChI=1S/C24H26ClN3O/c1-27-12-14-28(15-13-27)24(29)21-7-3-6-20-18-4-2-5-19(18)22(26-23(20)21)16-8-10-17(25)11-9-16/h2-4,6-11,18-19,22,26H,5,12-15H2,1H3. The van der Waals surface area contributed by atoms with Gasteiger partial charge in [0.2, 0.25) is 0 Å². The third kappa shape index (κ3) is 3.34. The van der Waals surface area contributed by atoms with E-state index in [1.54, 1.807) is 0 Å². The molecule has 150 valence electrons. The van der Waals surface area contributed by atoms with E-state index in [4.69, 9.17) is 11.6 Å². The molecular weight excluding hydrogens is 382 g/mol. The number of allylic oxidation sites excluding steroid dienone is 2. The predicted octanol–water partition coefficient (Wildman–Crippen LogP) is 4.55. The van der Waals surface area contributed by atoms with E-state index in [0.717, 1.165) is 48.9 Å². The van der Waals surface area contributed by atoms with Gasteiger partial charge in [0.25, 0.3) is 5.91 Å². The van der Waals surface area contributed by atoms with Gasteiger partial charge in [0.15, 0.2) is 0 Å². The van der Waals surface area contributed by atoms with Gasteiger partial charge in [-0.1, -0.05) is 48.0 Å². The lowest BCUT2D eigenvalue weighted by atomic mass is 9.76. The minimum atomic E-state index is 0.137. The van der Waals surface area contributed by atoms with Crippen molar-refractivity contribution in [1.82, 2.24) is 9.80 Å². The number of carbonyl (C=O) groups excluding carboxylic acids is 1. The first-order chi connectivity index (χ1) is 14.1. The Hall–Kier alpha value is -2.30. The number of likely N-dealkylation sites (N-methyl/N-ethyl adjacent to an activating group) is 1. The normalized spacial score (nSPS) is 26.0. The summed E-state index contributed by atoms with van der Waals surface area (Å²) in [5.41, 5.74) is 4.27. The van der Waals surface area contributed by atoms with Gasteiger partial charge in [0, 0.05) is 37.1 Å². The molecule has 5 rings (SSSR count). The molecule has 2 heterocycles. The fraction of sp³-hybridized carbons (Fsp3) is 0.375. The number of nitrogens with one attached hydrogen (secondary N) is 1. The molecule has 1 amide bonds. The van der Waals surface area contributed by atoms with Crippen LogP contribution in [0.5, 0.6) is 0 Å².